The Kier molecular flexibility index (Phi) is 5.68. The summed E-state index contributed by atoms with van der Waals surface area (Å²) in [6.45, 7) is 0.748. The van der Waals surface area contributed by atoms with Gasteiger partial charge in [-0.25, -0.2) is 4.39 Å². The van der Waals surface area contributed by atoms with Crippen LogP contribution in [0.3, 0.4) is 0 Å². The summed E-state index contributed by atoms with van der Waals surface area (Å²) in [5, 5.41) is 2.42. The van der Waals surface area contributed by atoms with Gasteiger partial charge in [-0.2, -0.15) is 0 Å². The molecule has 1 aromatic rings. The number of anilines is 1. The van der Waals surface area contributed by atoms with Crippen molar-refractivity contribution in [3.05, 3.63) is 29.6 Å². The van der Waals surface area contributed by atoms with Crippen LogP contribution in [0, 0.1) is 23.6 Å². The van der Waals surface area contributed by atoms with Crippen molar-refractivity contribution in [2.75, 3.05) is 11.9 Å². The second-order valence-electron chi connectivity index (χ2n) is 7.30. The van der Waals surface area contributed by atoms with Gasteiger partial charge in [0.05, 0.1) is 11.5 Å². The van der Waals surface area contributed by atoms with Crippen molar-refractivity contribution in [3.63, 3.8) is 0 Å². The van der Waals surface area contributed by atoms with E-state index in [0.29, 0.717) is 12.8 Å². The number of ether oxygens (including phenoxy) is 1. The number of ketones is 2. The largest absolute Gasteiger partial charge is 0.457 e. The van der Waals surface area contributed by atoms with Crippen molar-refractivity contribution in [3.8, 4) is 0 Å². The Bertz CT molecular complexity index is 775. The number of benzene rings is 1. The Morgan fingerprint density at radius 3 is 2.44 bits per heavy atom. The van der Waals surface area contributed by atoms with Gasteiger partial charge < -0.3 is 10.1 Å². The summed E-state index contributed by atoms with van der Waals surface area (Å²) in [4.78, 5) is 47.5. The maximum atomic E-state index is 14.1. The SMILES string of the molecule is CC(=O)Nc1ccc(C(=O)COC(=O)C2C[C@H]3CCC[C@H](C2)C3=O)c(F)c1. The minimum atomic E-state index is -0.792. The quantitative estimate of drug-likeness (QED) is 0.631. The van der Waals surface area contributed by atoms with E-state index in [4.69, 9.17) is 4.74 Å². The number of fused-ring (bicyclic) bond motifs is 2. The predicted octanol–water partition coefficient (Wildman–Crippen LogP) is 2.91. The van der Waals surface area contributed by atoms with E-state index < -0.39 is 24.2 Å². The molecule has 144 valence electrons. The maximum absolute atomic E-state index is 14.1. The summed E-state index contributed by atoms with van der Waals surface area (Å²) in [6.07, 6.45) is 3.58. The summed E-state index contributed by atoms with van der Waals surface area (Å²) in [5.41, 5.74) is 0.0413. The second kappa shape index (κ2) is 7.98. The Labute approximate surface area is 156 Å². The van der Waals surface area contributed by atoms with Crippen LogP contribution in [0.2, 0.25) is 0 Å². The van der Waals surface area contributed by atoms with Crippen molar-refractivity contribution in [2.45, 2.75) is 39.0 Å². The van der Waals surface area contributed by atoms with E-state index in [0.717, 1.165) is 25.3 Å². The van der Waals surface area contributed by atoms with Crippen molar-refractivity contribution in [1.29, 1.82) is 0 Å². The molecule has 2 aliphatic rings. The first-order valence-electron chi connectivity index (χ1n) is 9.16. The topological polar surface area (TPSA) is 89.5 Å². The van der Waals surface area contributed by atoms with Crippen LogP contribution in [-0.4, -0.2) is 30.0 Å². The van der Waals surface area contributed by atoms with E-state index in [1.54, 1.807) is 0 Å². The molecule has 0 aliphatic heterocycles. The van der Waals surface area contributed by atoms with Crippen LogP contribution in [0.25, 0.3) is 0 Å². The lowest BCUT2D eigenvalue weighted by molar-refractivity contribution is -0.152. The Balaban J connectivity index is 1.56. The molecular weight excluding hydrogens is 353 g/mol. The van der Waals surface area contributed by atoms with Crippen LogP contribution < -0.4 is 5.32 Å². The molecule has 2 atom stereocenters. The average Bonchev–Trinajstić information content (AvgIpc) is 2.58. The number of amides is 1. The number of esters is 1. The van der Waals surface area contributed by atoms with Crippen LogP contribution in [-0.2, 0) is 19.1 Å². The van der Waals surface area contributed by atoms with Crippen molar-refractivity contribution in [2.24, 2.45) is 17.8 Å². The summed E-state index contributed by atoms with van der Waals surface area (Å²) < 4.78 is 19.2. The lowest BCUT2D eigenvalue weighted by atomic mass is 9.67. The summed E-state index contributed by atoms with van der Waals surface area (Å²) in [6, 6.07) is 3.71. The van der Waals surface area contributed by atoms with E-state index in [-0.39, 0.29) is 40.7 Å². The molecule has 27 heavy (non-hydrogen) atoms. The number of hydrogen-bond donors (Lipinski definition) is 1. The zero-order chi connectivity index (χ0) is 19.6. The van der Waals surface area contributed by atoms with E-state index in [1.165, 1.54) is 19.1 Å². The number of hydrogen-bond acceptors (Lipinski definition) is 5. The molecule has 0 aromatic heterocycles. The van der Waals surface area contributed by atoms with Gasteiger partial charge in [-0.1, -0.05) is 6.42 Å². The molecule has 6 nitrogen and oxygen atoms in total. The van der Waals surface area contributed by atoms with E-state index in [2.05, 4.69) is 5.32 Å². The molecule has 2 aliphatic carbocycles. The molecule has 7 heteroatoms. The molecule has 2 bridgehead atoms. The molecule has 1 amide bonds. The fourth-order valence-corrected chi connectivity index (χ4v) is 4.03. The van der Waals surface area contributed by atoms with Gasteiger partial charge in [0.2, 0.25) is 11.7 Å². The number of halogens is 1. The van der Waals surface area contributed by atoms with Crippen LogP contribution in [0.1, 0.15) is 49.4 Å². The first-order valence-corrected chi connectivity index (χ1v) is 9.16. The smallest absolute Gasteiger partial charge is 0.309 e. The Morgan fingerprint density at radius 2 is 1.85 bits per heavy atom. The number of Topliss-reactive ketones (excluding diaryl/α,β-unsaturated/α-hetero) is 2. The molecule has 0 radical (unpaired) electrons. The van der Waals surface area contributed by atoms with Crippen LogP contribution in [0.4, 0.5) is 10.1 Å². The molecule has 0 heterocycles. The summed E-state index contributed by atoms with van der Waals surface area (Å²) >= 11 is 0. The third-order valence-corrected chi connectivity index (χ3v) is 5.32. The molecular formula is C20H22FNO5. The van der Waals surface area contributed by atoms with Crippen LogP contribution >= 0.6 is 0 Å². The van der Waals surface area contributed by atoms with Gasteiger partial charge in [-0.3, -0.25) is 19.2 Å². The van der Waals surface area contributed by atoms with Gasteiger partial charge in [0.15, 0.2) is 6.61 Å². The lowest BCUT2D eigenvalue weighted by Gasteiger charge is -2.36. The standard InChI is InChI=1S/C20H22FNO5/c1-11(23)22-15-5-6-16(17(21)9-15)18(24)10-27-20(26)14-7-12-3-2-4-13(8-14)19(12)25/h5-6,9,12-14H,2-4,7-8,10H2,1H3,(H,22,23)/t12-,13-/m1/s1. The summed E-state index contributed by atoms with van der Waals surface area (Å²) in [5.74, 6) is -2.57. The number of carbonyl (C=O) groups excluding carboxylic acids is 4. The van der Waals surface area contributed by atoms with E-state index in [9.17, 15) is 23.6 Å². The minimum absolute atomic E-state index is 0.0792. The van der Waals surface area contributed by atoms with E-state index >= 15 is 0 Å². The zero-order valence-corrected chi connectivity index (χ0v) is 15.1. The van der Waals surface area contributed by atoms with Gasteiger partial charge in [0.1, 0.15) is 11.6 Å². The molecule has 2 fully saturated rings. The molecule has 0 saturated heterocycles. The maximum Gasteiger partial charge on any atom is 0.309 e. The molecule has 2 saturated carbocycles. The molecule has 1 N–H and O–H groups in total. The number of rotatable bonds is 5. The normalized spacial score (nSPS) is 24.2. The van der Waals surface area contributed by atoms with Gasteiger partial charge >= 0.3 is 5.97 Å². The molecule has 0 unspecified atom stereocenters. The highest BCUT2D eigenvalue weighted by atomic mass is 19.1. The minimum Gasteiger partial charge on any atom is -0.457 e. The van der Waals surface area contributed by atoms with Crippen LogP contribution in [0.5, 0.6) is 0 Å². The van der Waals surface area contributed by atoms with E-state index in [1.807, 2.05) is 0 Å². The van der Waals surface area contributed by atoms with Gasteiger partial charge in [-0.15, -0.1) is 0 Å². The van der Waals surface area contributed by atoms with Gasteiger partial charge in [0.25, 0.3) is 0 Å². The lowest BCUT2D eigenvalue weighted by Crippen LogP contribution is -2.39. The van der Waals surface area contributed by atoms with Gasteiger partial charge in [0, 0.05) is 24.4 Å². The zero-order valence-electron chi connectivity index (χ0n) is 15.1. The molecule has 3 rings (SSSR count). The first kappa shape index (κ1) is 19.2. The summed E-state index contributed by atoms with van der Waals surface area (Å²) in [7, 11) is 0. The Hall–Kier alpha value is -2.57. The van der Waals surface area contributed by atoms with Crippen molar-refractivity contribution >= 4 is 29.1 Å². The predicted molar refractivity (Wildman–Crippen MR) is 94.6 cm³/mol. The third kappa shape index (κ3) is 4.40. The second-order valence-corrected chi connectivity index (χ2v) is 7.30. The van der Waals surface area contributed by atoms with Crippen molar-refractivity contribution < 1.29 is 28.3 Å². The number of nitrogens with one attached hydrogen (secondary N) is 1. The average molecular weight is 375 g/mol. The highest BCUT2D eigenvalue weighted by Gasteiger charge is 2.41. The fraction of sp³-hybridized carbons (Fsp3) is 0.500. The third-order valence-electron chi connectivity index (χ3n) is 5.32. The van der Waals surface area contributed by atoms with Crippen molar-refractivity contribution in [1.82, 2.24) is 0 Å². The monoisotopic (exact) mass is 375 g/mol. The first-order chi connectivity index (χ1) is 12.8. The van der Waals surface area contributed by atoms with Gasteiger partial charge in [-0.05, 0) is 43.9 Å². The molecule has 0 spiro atoms. The highest BCUT2D eigenvalue weighted by Crippen LogP contribution is 2.40. The molecule has 1 aromatic carbocycles. The van der Waals surface area contributed by atoms with Crippen LogP contribution in [0.15, 0.2) is 18.2 Å². The highest BCUT2D eigenvalue weighted by molar-refractivity contribution is 5.99. The number of carbonyl (C=O) groups is 4. The Morgan fingerprint density at radius 1 is 1.19 bits per heavy atom. The fourth-order valence-electron chi connectivity index (χ4n) is 4.03.